The quantitative estimate of drug-likeness (QED) is 0.547. The number of aromatic hydroxyl groups is 1. The van der Waals surface area contributed by atoms with Crippen molar-refractivity contribution in [2.45, 2.75) is 83.5 Å². The number of aromatic nitrogens is 4. The van der Waals surface area contributed by atoms with Crippen LogP contribution in [0.15, 0.2) is 24.3 Å². The van der Waals surface area contributed by atoms with Crippen LogP contribution >= 0.6 is 0 Å². The molecule has 2 aromatic rings. The molecule has 1 aliphatic rings. The predicted molar refractivity (Wildman–Crippen MR) is 108 cm³/mol. The highest BCUT2D eigenvalue weighted by Gasteiger charge is 2.40. The highest BCUT2D eigenvalue weighted by molar-refractivity contribution is 5.86. The number of phenols is 1. The van der Waals surface area contributed by atoms with Crippen LogP contribution in [0.3, 0.4) is 0 Å². The first-order valence-electron chi connectivity index (χ1n) is 10.6. The zero-order valence-electron chi connectivity index (χ0n) is 16.9. The molecule has 28 heavy (non-hydrogen) atoms. The fraction of sp³-hybridized carbons (Fsp3) is 0.636. The number of ketones is 1. The van der Waals surface area contributed by atoms with Gasteiger partial charge in [0.15, 0.2) is 5.82 Å². The summed E-state index contributed by atoms with van der Waals surface area (Å²) >= 11 is 0. The van der Waals surface area contributed by atoms with Crippen LogP contribution in [0, 0.1) is 5.41 Å². The summed E-state index contributed by atoms with van der Waals surface area (Å²) in [4.78, 5) is 12.7. The van der Waals surface area contributed by atoms with Crippen molar-refractivity contribution in [3.8, 4) is 5.75 Å². The van der Waals surface area contributed by atoms with Gasteiger partial charge in [-0.1, -0.05) is 49.6 Å². The zero-order valence-corrected chi connectivity index (χ0v) is 16.9. The molecule has 2 atom stereocenters. The van der Waals surface area contributed by atoms with Gasteiger partial charge in [-0.25, -0.2) is 0 Å². The first-order valence-corrected chi connectivity index (χ1v) is 10.6. The number of hydrogen-bond donors (Lipinski definition) is 2. The van der Waals surface area contributed by atoms with Crippen molar-refractivity contribution in [2.24, 2.45) is 5.41 Å². The lowest BCUT2D eigenvalue weighted by molar-refractivity contribution is -0.126. The molecular formula is C22H32N4O2. The molecule has 0 bridgehead atoms. The van der Waals surface area contributed by atoms with Crippen molar-refractivity contribution in [3.05, 3.63) is 35.7 Å². The Hall–Kier alpha value is -2.24. The molecule has 1 heterocycles. The second-order valence-electron chi connectivity index (χ2n) is 8.30. The third kappa shape index (κ3) is 5.18. The average molecular weight is 385 g/mol. The number of unbranched alkanes of at least 4 members (excludes halogenated alkanes) is 3. The molecule has 0 saturated heterocycles. The standard InChI is InChI=1S/C22H32N4O2/c1-17(18-9-5-6-10-19(18)27)13-16-22(15-8-11-20(22)28)14-7-3-2-4-12-21-23-25-26-24-21/h5-6,9-10,17,27H,2-4,7-8,11-16H2,1H3,(H,23,24,25,26). The molecule has 0 spiro atoms. The van der Waals surface area contributed by atoms with E-state index >= 15 is 0 Å². The number of hydrogen-bond acceptors (Lipinski definition) is 5. The molecule has 0 amide bonds. The Labute approximate surface area is 167 Å². The van der Waals surface area contributed by atoms with Crippen LogP contribution in [-0.2, 0) is 11.2 Å². The van der Waals surface area contributed by atoms with E-state index in [4.69, 9.17) is 0 Å². The number of rotatable bonds is 11. The second-order valence-corrected chi connectivity index (χ2v) is 8.30. The molecule has 0 aliphatic heterocycles. The summed E-state index contributed by atoms with van der Waals surface area (Å²) in [5.74, 6) is 1.87. The molecule has 1 aromatic heterocycles. The Morgan fingerprint density at radius 1 is 1.18 bits per heavy atom. The number of para-hydroxylation sites is 1. The van der Waals surface area contributed by atoms with Crippen LogP contribution < -0.4 is 0 Å². The van der Waals surface area contributed by atoms with Gasteiger partial charge in [-0.3, -0.25) is 4.79 Å². The second kappa shape index (κ2) is 9.80. The van der Waals surface area contributed by atoms with E-state index in [1.54, 1.807) is 6.07 Å². The molecule has 1 aromatic carbocycles. The van der Waals surface area contributed by atoms with E-state index < -0.39 is 0 Å². The van der Waals surface area contributed by atoms with Crippen molar-refractivity contribution in [1.82, 2.24) is 20.6 Å². The highest BCUT2D eigenvalue weighted by Crippen LogP contribution is 2.45. The number of H-pyrrole nitrogens is 1. The summed E-state index contributed by atoms with van der Waals surface area (Å²) in [7, 11) is 0. The number of carbonyl (C=O) groups excluding carboxylic acids is 1. The summed E-state index contributed by atoms with van der Waals surface area (Å²) in [6.45, 7) is 2.15. The van der Waals surface area contributed by atoms with Gasteiger partial charge in [-0.05, 0) is 56.1 Å². The van der Waals surface area contributed by atoms with Gasteiger partial charge in [-0.15, -0.1) is 10.2 Å². The first kappa shape index (κ1) is 20.5. The van der Waals surface area contributed by atoms with Crippen molar-refractivity contribution in [2.75, 3.05) is 0 Å². The Morgan fingerprint density at radius 3 is 2.71 bits per heavy atom. The molecule has 1 saturated carbocycles. The fourth-order valence-corrected chi connectivity index (χ4v) is 4.59. The largest absolute Gasteiger partial charge is 0.508 e. The van der Waals surface area contributed by atoms with Gasteiger partial charge >= 0.3 is 0 Å². The lowest BCUT2D eigenvalue weighted by Crippen LogP contribution is -2.26. The molecule has 6 heteroatoms. The van der Waals surface area contributed by atoms with Gasteiger partial charge in [0.25, 0.3) is 0 Å². The van der Waals surface area contributed by atoms with Crippen molar-refractivity contribution < 1.29 is 9.90 Å². The smallest absolute Gasteiger partial charge is 0.174 e. The first-order chi connectivity index (χ1) is 13.6. The molecule has 2 N–H and O–H groups in total. The Balaban J connectivity index is 1.46. The van der Waals surface area contributed by atoms with Crippen molar-refractivity contribution >= 4 is 5.78 Å². The average Bonchev–Trinajstić information content (AvgIpc) is 3.33. The van der Waals surface area contributed by atoms with E-state index in [9.17, 15) is 9.90 Å². The SMILES string of the molecule is CC(CCC1(CCCCCCc2nn[nH]n2)CCCC1=O)c1ccccc1O. The fourth-order valence-electron chi connectivity index (χ4n) is 4.59. The maximum Gasteiger partial charge on any atom is 0.174 e. The van der Waals surface area contributed by atoms with Gasteiger partial charge in [0.05, 0.1) is 0 Å². The van der Waals surface area contributed by atoms with Gasteiger partial charge in [0.1, 0.15) is 11.5 Å². The minimum absolute atomic E-state index is 0.133. The Kier molecular flexibility index (Phi) is 7.18. The van der Waals surface area contributed by atoms with Crippen LogP contribution in [0.25, 0.3) is 0 Å². The number of aromatic amines is 1. The van der Waals surface area contributed by atoms with Crippen molar-refractivity contribution in [1.29, 1.82) is 0 Å². The molecular weight excluding hydrogens is 352 g/mol. The summed E-state index contributed by atoms with van der Waals surface area (Å²) in [6, 6.07) is 7.56. The van der Waals surface area contributed by atoms with E-state index in [0.29, 0.717) is 11.5 Å². The number of Topliss-reactive ketones (excluding diaryl/α,β-unsaturated/α-hetero) is 1. The number of benzene rings is 1. The van der Waals surface area contributed by atoms with Gasteiger partial charge in [-0.2, -0.15) is 5.21 Å². The third-order valence-electron chi connectivity index (χ3n) is 6.37. The van der Waals surface area contributed by atoms with Crippen molar-refractivity contribution in [3.63, 3.8) is 0 Å². The van der Waals surface area contributed by atoms with Gasteiger partial charge < -0.3 is 5.11 Å². The van der Waals surface area contributed by atoms with E-state index in [1.165, 1.54) is 0 Å². The predicted octanol–water partition coefficient (Wildman–Crippen LogP) is 4.72. The summed E-state index contributed by atoms with van der Waals surface area (Å²) < 4.78 is 0. The minimum atomic E-state index is -0.133. The maximum atomic E-state index is 12.7. The molecule has 2 unspecified atom stereocenters. The number of phenolic OH excluding ortho intramolecular Hbond substituents is 1. The Morgan fingerprint density at radius 2 is 2.00 bits per heavy atom. The van der Waals surface area contributed by atoms with Crippen LogP contribution in [0.4, 0.5) is 0 Å². The van der Waals surface area contributed by atoms with Crippen LogP contribution in [0.5, 0.6) is 5.75 Å². The minimum Gasteiger partial charge on any atom is -0.508 e. The maximum absolute atomic E-state index is 12.7. The molecule has 152 valence electrons. The number of nitrogens with zero attached hydrogens (tertiary/aromatic N) is 3. The monoisotopic (exact) mass is 384 g/mol. The van der Waals surface area contributed by atoms with Gasteiger partial charge in [0.2, 0.25) is 0 Å². The number of carbonyl (C=O) groups is 1. The summed E-state index contributed by atoms with van der Waals surface area (Å²) in [5, 5.41) is 24.1. The molecule has 3 rings (SSSR count). The molecule has 1 fully saturated rings. The van der Waals surface area contributed by atoms with E-state index in [2.05, 4.69) is 27.5 Å². The van der Waals surface area contributed by atoms with Crippen LogP contribution in [0.2, 0.25) is 0 Å². The molecule has 0 radical (unpaired) electrons. The van der Waals surface area contributed by atoms with E-state index in [1.807, 2.05) is 18.2 Å². The number of aryl methyl sites for hydroxylation is 1. The molecule has 6 nitrogen and oxygen atoms in total. The topological polar surface area (TPSA) is 91.8 Å². The molecule has 1 aliphatic carbocycles. The Bertz CT molecular complexity index is 747. The van der Waals surface area contributed by atoms with E-state index in [0.717, 1.165) is 82.0 Å². The van der Waals surface area contributed by atoms with E-state index in [-0.39, 0.29) is 11.3 Å². The number of nitrogens with one attached hydrogen (secondary N) is 1. The number of tetrazole rings is 1. The normalized spacial score (nSPS) is 20.5. The zero-order chi connectivity index (χ0) is 19.8. The summed E-state index contributed by atoms with van der Waals surface area (Å²) in [6.07, 6.45) is 11.0. The van der Waals surface area contributed by atoms with Crippen LogP contribution in [0.1, 0.15) is 88.4 Å². The van der Waals surface area contributed by atoms with Crippen LogP contribution in [-0.4, -0.2) is 31.5 Å². The highest BCUT2D eigenvalue weighted by atomic mass is 16.3. The third-order valence-corrected chi connectivity index (χ3v) is 6.37. The lowest BCUT2D eigenvalue weighted by Gasteiger charge is -2.29. The summed E-state index contributed by atoms with van der Waals surface area (Å²) in [5.41, 5.74) is 0.858. The lowest BCUT2D eigenvalue weighted by atomic mass is 9.74. The van der Waals surface area contributed by atoms with Gasteiger partial charge in [0, 0.05) is 18.3 Å².